The second kappa shape index (κ2) is 4.91. The van der Waals surface area contributed by atoms with Gasteiger partial charge in [0, 0.05) is 37.0 Å². The zero-order valence-corrected chi connectivity index (χ0v) is 13.0. The van der Waals surface area contributed by atoms with Crippen molar-refractivity contribution in [2.24, 2.45) is 11.8 Å². The molecule has 3 heterocycles. The number of carbonyl (C=O) groups is 1. The van der Waals surface area contributed by atoms with E-state index in [1.54, 1.807) is 0 Å². The summed E-state index contributed by atoms with van der Waals surface area (Å²) in [5, 5.41) is 12.8. The number of anilines is 1. The van der Waals surface area contributed by atoms with E-state index in [9.17, 15) is 9.90 Å². The van der Waals surface area contributed by atoms with Crippen molar-refractivity contribution < 1.29 is 9.90 Å². The van der Waals surface area contributed by atoms with E-state index >= 15 is 0 Å². The molecule has 3 aliphatic rings. The summed E-state index contributed by atoms with van der Waals surface area (Å²) in [4.78, 5) is 23.7. The Labute approximate surface area is 129 Å². The third-order valence-electron chi connectivity index (χ3n) is 5.22. The molecule has 0 unspecified atom stereocenters. The summed E-state index contributed by atoms with van der Waals surface area (Å²) in [5.41, 5.74) is 1.52. The van der Waals surface area contributed by atoms with Crippen LogP contribution in [0.2, 0.25) is 0 Å². The highest BCUT2D eigenvalue weighted by molar-refractivity contribution is 5.96. The summed E-state index contributed by atoms with van der Waals surface area (Å²) in [6, 6.07) is 0. The molecule has 22 heavy (non-hydrogen) atoms. The van der Waals surface area contributed by atoms with Gasteiger partial charge in [-0.05, 0) is 18.8 Å². The maximum absolute atomic E-state index is 12.2. The number of aliphatic hydroxyl groups is 1. The van der Waals surface area contributed by atoms with Gasteiger partial charge in [0.2, 0.25) is 0 Å². The molecule has 0 spiro atoms. The Morgan fingerprint density at radius 1 is 1.32 bits per heavy atom. The summed E-state index contributed by atoms with van der Waals surface area (Å²) in [7, 11) is 0. The molecule has 118 valence electrons. The molecule has 1 saturated carbocycles. The smallest absolute Gasteiger partial charge is 0.270 e. The highest BCUT2D eigenvalue weighted by Gasteiger charge is 2.47. The van der Waals surface area contributed by atoms with Crippen molar-refractivity contribution in [3.8, 4) is 0 Å². The van der Waals surface area contributed by atoms with E-state index in [1.165, 1.54) is 0 Å². The fourth-order valence-electron chi connectivity index (χ4n) is 3.86. The van der Waals surface area contributed by atoms with Crippen molar-refractivity contribution in [2.45, 2.75) is 38.7 Å². The predicted octanol–water partition coefficient (Wildman–Crippen LogP) is 0.703. The van der Waals surface area contributed by atoms with E-state index in [1.807, 2.05) is 13.8 Å². The van der Waals surface area contributed by atoms with Gasteiger partial charge in [0.05, 0.1) is 6.10 Å². The molecule has 3 atom stereocenters. The molecule has 1 amide bonds. The summed E-state index contributed by atoms with van der Waals surface area (Å²) < 4.78 is 0. The number of nitrogens with one attached hydrogen (secondary N) is 1. The second-order valence-corrected chi connectivity index (χ2v) is 7.03. The number of rotatable bonds is 2. The van der Waals surface area contributed by atoms with Crippen LogP contribution in [0.25, 0.3) is 0 Å². The lowest BCUT2D eigenvalue weighted by molar-refractivity contribution is -0.00399. The Kier molecular flexibility index (Phi) is 3.11. The number of nitrogens with zero attached hydrogens (tertiary/aromatic N) is 3. The van der Waals surface area contributed by atoms with Gasteiger partial charge in [-0.1, -0.05) is 13.8 Å². The van der Waals surface area contributed by atoms with Gasteiger partial charge < -0.3 is 15.3 Å². The topological polar surface area (TPSA) is 78.3 Å². The molecule has 1 saturated heterocycles. The largest absolute Gasteiger partial charge is 0.393 e. The summed E-state index contributed by atoms with van der Waals surface area (Å²) in [6.45, 7) is 6.51. The van der Waals surface area contributed by atoms with Crippen molar-refractivity contribution in [1.29, 1.82) is 0 Å². The van der Waals surface area contributed by atoms with Gasteiger partial charge in [-0.3, -0.25) is 4.79 Å². The van der Waals surface area contributed by atoms with Crippen LogP contribution in [0.5, 0.6) is 0 Å². The average Bonchev–Trinajstić information content (AvgIpc) is 2.84. The Balaban J connectivity index is 1.76. The first kappa shape index (κ1) is 13.9. The molecule has 1 aromatic heterocycles. The van der Waals surface area contributed by atoms with Crippen molar-refractivity contribution >= 4 is 11.7 Å². The molecular weight excluding hydrogens is 280 g/mol. The highest BCUT2D eigenvalue weighted by atomic mass is 16.3. The standard InChI is InChI=1S/C16H22N4O2/c1-8(2)14-18-13-10(3-4-17-16(13)22)15(19-14)20-6-9-5-12(21)11(9)7-20/h8-9,11-12,21H,3-7H2,1-2H3,(H,17,22)/t9-,11+,12+/m0/s1. The van der Waals surface area contributed by atoms with Gasteiger partial charge in [0.15, 0.2) is 0 Å². The summed E-state index contributed by atoms with van der Waals surface area (Å²) in [5.74, 6) is 2.68. The van der Waals surface area contributed by atoms with Gasteiger partial charge in [-0.15, -0.1) is 0 Å². The van der Waals surface area contributed by atoms with Gasteiger partial charge in [0.25, 0.3) is 5.91 Å². The van der Waals surface area contributed by atoms with Gasteiger partial charge in [-0.2, -0.15) is 0 Å². The average molecular weight is 302 g/mol. The van der Waals surface area contributed by atoms with Crippen molar-refractivity contribution in [3.63, 3.8) is 0 Å². The number of aromatic nitrogens is 2. The lowest BCUT2D eigenvalue weighted by Crippen LogP contribution is -2.39. The molecule has 2 fully saturated rings. The van der Waals surface area contributed by atoms with E-state index in [0.717, 1.165) is 43.1 Å². The fourth-order valence-corrected chi connectivity index (χ4v) is 3.86. The molecular formula is C16H22N4O2. The highest BCUT2D eigenvalue weighted by Crippen LogP contribution is 2.43. The van der Waals surface area contributed by atoms with Crippen LogP contribution in [0.15, 0.2) is 0 Å². The normalized spacial score (nSPS) is 29.9. The second-order valence-electron chi connectivity index (χ2n) is 7.03. The molecule has 2 aliphatic heterocycles. The minimum Gasteiger partial charge on any atom is -0.393 e. The Morgan fingerprint density at radius 2 is 2.14 bits per heavy atom. The number of hydrogen-bond acceptors (Lipinski definition) is 5. The van der Waals surface area contributed by atoms with Crippen LogP contribution in [-0.4, -0.2) is 46.7 Å². The van der Waals surface area contributed by atoms with Gasteiger partial charge >= 0.3 is 0 Å². The number of amides is 1. The molecule has 6 nitrogen and oxygen atoms in total. The summed E-state index contributed by atoms with van der Waals surface area (Å²) >= 11 is 0. The van der Waals surface area contributed by atoms with Crippen LogP contribution in [0.1, 0.15) is 48.1 Å². The van der Waals surface area contributed by atoms with Crippen LogP contribution < -0.4 is 10.2 Å². The zero-order chi connectivity index (χ0) is 15.4. The lowest BCUT2D eigenvalue weighted by atomic mass is 9.74. The van der Waals surface area contributed by atoms with Crippen molar-refractivity contribution in [1.82, 2.24) is 15.3 Å². The fraction of sp³-hybridized carbons (Fsp3) is 0.688. The third-order valence-corrected chi connectivity index (χ3v) is 5.22. The quantitative estimate of drug-likeness (QED) is 0.841. The maximum atomic E-state index is 12.2. The van der Waals surface area contributed by atoms with Crippen molar-refractivity contribution in [2.75, 3.05) is 24.5 Å². The van der Waals surface area contributed by atoms with Crippen molar-refractivity contribution in [3.05, 3.63) is 17.1 Å². The minimum atomic E-state index is -0.166. The monoisotopic (exact) mass is 302 g/mol. The molecule has 1 aliphatic carbocycles. The molecule has 0 radical (unpaired) electrons. The first-order chi connectivity index (χ1) is 10.5. The number of carbonyl (C=O) groups excluding carboxylic acids is 1. The van der Waals surface area contributed by atoms with Crippen LogP contribution >= 0.6 is 0 Å². The Morgan fingerprint density at radius 3 is 2.82 bits per heavy atom. The maximum Gasteiger partial charge on any atom is 0.270 e. The third kappa shape index (κ3) is 2.00. The molecule has 2 N–H and O–H groups in total. The number of hydrogen-bond donors (Lipinski definition) is 2. The molecule has 6 heteroatoms. The van der Waals surface area contributed by atoms with E-state index in [0.29, 0.717) is 24.1 Å². The first-order valence-electron chi connectivity index (χ1n) is 8.16. The molecule has 0 aromatic carbocycles. The number of aliphatic hydroxyl groups excluding tert-OH is 1. The SMILES string of the molecule is CC(C)c1nc2c(c(N3C[C@@H]4C[C@@H](O)[C@@H]4C3)n1)CCNC2=O. The van der Waals surface area contributed by atoms with Crippen LogP contribution in [-0.2, 0) is 6.42 Å². The first-order valence-corrected chi connectivity index (χ1v) is 8.16. The van der Waals surface area contributed by atoms with Crippen LogP contribution in [0, 0.1) is 11.8 Å². The molecule has 0 bridgehead atoms. The lowest BCUT2D eigenvalue weighted by Gasteiger charge is -2.34. The van der Waals surface area contributed by atoms with E-state index < -0.39 is 0 Å². The van der Waals surface area contributed by atoms with E-state index in [4.69, 9.17) is 4.98 Å². The molecule has 4 rings (SSSR count). The Bertz CT molecular complexity index is 631. The summed E-state index contributed by atoms with van der Waals surface area (Å²) in [6.07, 6.45) is 1.51. The zero-order valence-electron chi connectivity index (χ0n) is 13.0. The van der Waals surface area contributed by atoms with Crippen LogP contribution in [0.3, 0.4) is 0 Å². The van der Waals surface area contributed by atoms with Gasteiger partial charge in [-0.25, -0.2) is 9.97 Å². The van der Waals surface area contributed by atoms with Crippen LogP contribution in [0.4, 0.5) is 5.82 Å². The Hall–Kier alpha value is -1.69. The van der Waals surface area contributed by atoms with E-state index in [2.05, 4.69) is 15.2 Å². The molecule has 1 aromatic rings. The van der Waals surface area contributed by atoms with E-state index in [-0.39, 0.29) is 17.9 Å². The minimum absolute atomic E-state index is 0.0889. The predicted molar refractivity (Wildman–Crippen MR) is 82.0 cm³/mol. The van der Waals surface area contributed by atoms with Gasteiger partial charge in [0.1, 0.15) is 17.3 Å². The number of fused-ring (bicyclic) bond motifs is 2.